The van der Waals surface area contributed by atoms with Gasteiger partial charge in [0.05, 0.1) is 22.2 Å². The Balaban J connectivity index is 1.41. The molecule has 37 heavy (non-hydrogen) atoms. The average Bonchev–Trinajstić information content (AvgIpc) is 3.54. The van der Waals surface area contributed by atoms with Crippen LogP contribution in [0.3, 0.4) is 0 Å². The van der Waals surface area contributed by atoms with Gasteiger partial charge in [-0.05, 0) is 53.8 Å². The van der Waals surface area contributed by atoms with Crippen LogP contribution in [0.1, 0.15) is 26.3 Å². The van der Waals surface area contributed by atoms with Gasteiger partial charge in [-0.25, -0.2) is 0 Å². The lowest BCUT2D eigenvalue weighted by Gasteiger charge is -2.18. The van der Waals surface area contributed by atoms with Crippen molar-refractivity contribution in [1.82, 2.24) is 9.38 Å². The van der Waals surface area contributed by atoms with E-state index in [4.69, 9.17) is 4.98 Å². The molecule has 4 aromatic carbocycles. The summed E-state index contributed by atoms with van der Waals surface area (Å²) in [6.45, 7) is 6.86. The smallest absolute Gasteiger partial charge is 0.0704 e. The molecule has 2 nitrogen and oxygen atoms in total. The van der Waals surface area contributed by atoms with Gasteiger partial charge in [-0.15, -0.1) is 11.3 Å². The van der Waals surface area contributed by atoms with Crippen molar-refractivity contribution < 1.29 is 0 Å². The molecule has 0 N–H and O–H groups in total. The largest absolute Gasteiger partial charge is 0.308 e. The number of hydrogen-bond acceptors (Lipinski definition) is 2. The van der Waals surface area contributed by atoms with Gasteiger partial charge in [0.25, 0.3) is 0 Å². The Bertz CT molecular complexity index is 2150. The van der Waals surface area contributed by atoms with E-state index < -0.39 is 0 Å². The van der Waals surface area contributed by atoms with E-state index in [0.717, 1.165) is 12.1 Å². The second-order valence-electron chi connectivity index (χ2n) is 11.5. The third-order valence-electron chi connectivity index (χ3n) is 7.68. The minimum atomic E-state index is 0.247. The van der Waals surface area contributed by atoms with Gasteiger partial charge in [0, 0.05) is 53.5 Å². The van der Waals surface area contributed by atoms with E-state index in [-0.39, 0.29) is 5.41 Å². The first-order valence-corrected chi connectivity index (χ1v) is 13.8. The van der Waals surface area contributed by atoms with Crippen LogP contribution in [0.25, 0.3) is 69.5 Å². The Labute approximate surface area is 219 Å². The third kappa shape index (κ3) is 3.01. The molecule has 0 amide bonds. The maximum absolute atomic E-state index is 4.75. The van der Waals surface area contributed by atoms with Crippen molar-refractivity contribution in [2.45, 2.75) is 27.2 Å². The van der Waals surface area contributed by atoms with E-state index in [1.807, 2.05) is 17.5 Å². The molecular formula is C34H26N2S. The highest BCUT2D eigenvalue weighted by atomic mass is 32.1. The molecule has 0 bridgehead atoms. The molecule has 4 aromatic heterocycles. The predicted octanol–water partition coefficient (Wildman–Crippen LogP) is 9.86. The van der Waals surface area contributed by atoms with Gasteiger partial charge in [-0.3, -0.25) is 4.98 Å². The van der Waals surface area contributed by atoms with Gasteiger partial charge in [-0.2, -0.15) is 0 Å². The van der Waals surface area contributed by atoms with Crippen LogP contribution < -0.4 is 0 Å². The molecule has 178 valence electrons. The summed E-state index contributed by atoms with van der Waals surface area (Å²) in [5.74, 6) is 0. The van der Waals surface area contributed by atoms with Gasteiger partial charge < -0.3 is 4.40 Å². The summed E-state index contributed by atoms with van der Waals surface area (Å²) < 4.78 is 5.22. The lowest BCUT2D eigenvalue weighted by Crippen LogP contribution is -2.09. The summed E-state index contributed by atoms with van der Waals surface area (Å²) >= 11 is 1.91. The van der Waals surface area contributed by atoms with Gasteiger partial charge in [0.15, 0.2) is 0 Å². The van der Waals surface area contributed by atoms with Crippen LogP contribution in [0.2, 0.25) is 0 Å². The number of hydrogen-bond donors (Lipinski definition) is 0. The molecule has 0 aliphatic carbocycles. The lowest BCUT2D eigenvalue weighted by atomic mass is 9.88. The molecule has 0 aliphatic heterocycles. The highest BCUT2D eigenvalue weighted by molar-refractivity contribution is 7.26. The van der Waals surface area contributed by atoms with Crippen LogP contribution >= 0.6 is 11.3 Å². The summed E-state index contributed by atoms with van der Waals surface area (Å²) in [5, 5.41) is 8.03. The first kappa shape index (κ1) is 21.2. The number of rotatable bonds is 2. The minimum Gasteiger partial charge on any atom is -0.308 e. The fraction of sp³-hybridized carbons (Fsp3) is 0.147. The van der Waals surface area contributed by atoms with Gasteiger partial charge in [0.1, 0.15) is 0 Å². The summed E-state index contributed by atoms with van der Waals surface area (Å²) in [5.41, 5.74) is 7.68. The normalized spacial score (nSPS) is 12.8. The zero-order valence-electron chi connectivity index (χ0n) is 21.2. The minimum absolute atomic E-state index is 0.247. The number of benzene rings is 4. The number of para-hydroxylation sites is 1. The van der Waals surface area contributed by atoms with Crippen LogP contribution in [-0.4, -0.2) is 9.38 Å². The molecule has 4 heterocycles. The summed E-state index contributed by atoms with van der Waals surface area (Å²) in [4.78, 5) is 4.75. The molecule has 0 unspecified atom stereocenters. The van der Waals surface area contributed by atoms with Crippen LogP contribution in [0.4, 0.5) is 0 Å². The molecule has 0 radical (unpaired) electrons. The number of fused-ring (bicyclic) bond motifs is 10. The van der Waals surface area contributed by atoms with Crippen molar-refractivity contribution in [3.05, 3.63) is 96.7 Å². The van der Waals surface area contributed by atoms with Crippen molar-refractivity contribution in [1.29, 1.82) is 0 Å². The van der Waals surface area contributed by atoms with Crippen LogP contribution in [0.5, 0.6) is 0 Å². The number of aromatic nitrogens is 2. The molecule has 8 rings (SSSR count). The summed E-state index contributed by atoms with van der Waals surface area (Å²) in [6, 6.07) is 31.5. The summed E-state index contributed by atoms with van der Waals surface area (Å²) in [7, 11) is 0. The topological polar surface area (TPSA) is 17.3 Å². The maximum Gasteiger partial charge on any atom is 0.0704 e. The Morgan fingerprint density at radius 2 is 1.54 bits per heavy atom. The molecule has 0 atom stereocenters. The van der Waals surface area contributed by atoms with Crippen molar-refractivity contribution >= 4 is 69.6 Å². The molecular weight excluding hydrogens is 468 g/mol. The van der Waals surface area contributed by atoms with Crippen LogP contribution in [0.15, 0.2) is 91.1 Å². The molecule has 8 aromatic rings. The number of nitrogens with zero attached hydrogens (tertiary/aromatic N) is 2. The zero-order valence-corrected chi connectivity index (χ0v) is 22.0. The molecule has 0 saturated carbocycles. The quantitative estimate of drug-likeness (QED) is 0.234. The zero-order chi connectivity index (χ0) is 24.9. The number of thiophene rings is 1. The van der Waals surface area contributed by atoms with E-state index in [1.54, 1.807) is 0 Å². The first-order valence-electron chi connectivity index (χ1n) is 12.9. The summed E-state index contributed by atoms with van der Waals surface area (Å²) in [6.07, 6.45) is 2.99. The highest BCUT2D eigenvalue weighted by Crippen LogP contribution is 2.45. The third-order valence-corrected chi connectivity index (χ3v) is 8.88. The molecule has 0 spiro atoms. The predicted molar refractivity (Wildman–Crippen MR) is 160 cm³/mol. The maximum atomic E-state index is 4.75. The van der Waals surface area contributed by atoms with E-state index in [2.05, 4.69) is 110 Å². The van der Waals surface area contributed by atoms with Gasteiger partial charge >= 0.3 is 0 Å². The standard InChI is InChI=1S/C34H26N2S/c1-34(2,3)19-20-15-16-35-27(17-20)21-11-13-28-26(18-21)23-8-6-9-25-31-29(36(28)32(23)25)14-12-24-22-7-4-5-10-30(22)37-33(24)31/h4-18H,19H2,1-3H3. The average molecular weight is 495 g/mol. The van der Waals surface area contributed by atoms with Gasteiger partial charge in [0.2, 0.25) is 0 Å². The Hall–Kier alpha value is -3.95. The Kier molecular flexibility index (Phi) is 4.18. The fourth-order valence-electron chi connectivity index (χ4n) is 6.26. The van der Waals surface area contributed by atoms with Crippen molar-refractivity contribution in [3.8, 4) is 11.3 Å². The first-order chi connectivity index (χ1) is 18.0. The van der Waals surface area contributed by atoms with Crippen LogP contribution in [0, 0.1) is 5.41 Å². The highest BCUT2D eigenvalue weighted by Gasteiger charge is 2.21. The second kappa shape index (κ2) is 7.30. The van der Waals surface area contributed by atoms with E-state index >= 15 is 0 Å². The van der Waals surface area contributed by atoms with E-state index in [0.29, 0.717) is 0 Å². The monoisotopic (exact) mass is 494 g/mol. The van der Waals surface area contributed by atoms with Crippen LogP contribution in [-0.2, 0) is 6.42 Å². The molecule has 3 heteroatoms. The Morgan fingerprint density at radius 3 is 2.43 bits per heavy atom. The van der Waals surface area contributed by atoms with E-state index in [9.17, 15) is 0 Å². The SMILES string of the molecule is CC(C)(C)Cc1ccnc(-c2ccc3c(c2)c2cccc4c5c6sc7ccccc7c6ccc5n3c24)c1. The van der Waals surface area contributed by atoms with Gasteiger partial charge in [-0.1, -0.05) is 69.3 Å². The fourth-order valence-corrected chi connectivity index (χ4v) is 7.52. The molecule has 0 saturated heterocycles. The van der Waals surface area contributed by atoms with E-state index in [1.165, 1.54) is 69.4 Å². The number of pyridine rings is 1. The lowest BCUT2D eigenvalue weighted by molar-refractivity contribution is 0.411. The van der Waals surface area contributed by atoms with Crippen molar-refractivity contribution in [3.63, 3.8) is 0 Å². The van der Waals surface area contributed by atoms with Crippen molar-refractivity contribution in [2.24, 2.45) is 5.41 Å². The molecule has 0 fully saturated rings. The Morgan fingerprint density at radius 1 is 0.730 bits per heavy atom. The second-order valence-corrected chi connectivity index (χ2v) is 12.5. The molecule has 0 aliphatic rings. The van der Waals surface area contributed by atoms with Crippen molar-refractivity contribution in [2.75, 3.05) is 0 Å².